The number of hydrogen-bond donors (Lipinski definition) is 1. The van der Waals surface area contributed by atoms with Crippen molar-refractivity contribution in [3.8, 4) is 0 Å². The fraction of sp³-hybridized carbons (Fsp3) is 0.105. The average molecular weight is 350 g/mol. The molecule has 2 aromatic heterocycles. The van der Waals surface area contributed by atoms with Gasteiger partial charge in [0.15, 0.2) is 0 Å². The molecule has 1 amide bonds. The van der Waals surface area contributed by atoms with Gasteiger partial charge >= 0.3 is 0 Å². The largest absolute Gasteiger partial charge is 0.467 e. The summed E-state index contributed by atoms with van der Waals surface area (Å²) in [7, 11) is 0. The number of nitrogens with one attached hydrogen (secondary N) is 1. The smallest absolute Gasteiger partial charge is 0.251 e. The van der Waals surface area contributed by atoms with E-state index in [2.05, 4.69) is 15.6 Å². The van der Waals surface area contributed by atoms with Crippen LogP contribution in [-0.2, 0) is 13.1 Å². The molecule has 0 radical (unpaired) electrons. The summed E-state index contributed by atoms with van der Waals surface area (Å²) in [6, 6.07) is 15.0. The number of benzene rings is 2. The maximum absolute atomic E-state index is 13.0. The second-order valence-electron chi connectivity index (χ2n) is 5.84. The van der Waals surface area contributed by atoms with Crippen LogP contribution in [0.25, 0.3) is 11.0 Å². The zero-order chi connectivity index (χ0) is 17.9. The third-order valence-corrected chi connectivity index (χ3v) is 4.02. The number of hydrogen-bond acceptors (Lipinski definition) is 4. The zero-order valence-electron chi connectivity index (χ0n) is 13.7. The Morgan fingerprint density at radius 3 is 2.77 bits per heavy atom. The summed E-state index contributed by atoms with van der Waals surface area (Å²) in [5.74, 6) is 0.198. The van der Waals surface area contributed by atoms with Crippen LogP contribution < -0.4 is 5.32 Å². The number of fused-ring (bicyclic) bond motifs is 1. The van der Waals surface area contributed by atoms with Crippen molar-refractivity contribution in [2.75, 3.05) is 0 Å². The molecular weight excluding hydrogens is 335 g/mol. The van der Waals surface area contributed by atoms with Crippen LogP contribution in [0, 0.1) is 5.82 Å². The van der Waals surface area contributed by atoms with Gasteiger partial charge in [-0.15, -0.1) is 5.10 Å². The average Bonchev–Trinajstić information content (AvgIpc) is 3.31. The lowest BCUT2D eigenvalue weighted by molar-refractivity contribution is 0.0948. The van der Waals surface area contributed by atoms with Gasteiger partial charge in [0.25, 0.3) is 5.91 Å². The molecule has 0 fully saturated rings. The molecule has 0 unspecified atom stereocenters. The summed E-state index contributed by atoms with van der Waals surface area (Å²) in [6.07, 6.45) is 1.56. The van der Waals surface area contributed by atoms with Crippen molar-refractivity contribution in [2.24, 2.45) is 0 Å². The third kappa shape index (κ3) is 3.32. The molecule has 130 valence electrons. The molecule has 6 nitrogen and oxygen atoms in total. The maximum atomic E-state index is 13.0. The lowest BCUT2D eigenvalue weighted by Gasteiger charge is -2.05. The highest BCUT2D eigenvalue weighted by molar-refractivity contribution is 5.97. The van der Waals surface area contributed by atoms with Gasteiger partial charge in [-0.1, -0.05) is 17.3 Å². The molecule has 1 N–H and O–H groups in total. The molecule has 26 heavy (non-hydrogen) atoms. The van der Waals surface area contributed by atoms with Crippen molar-refractivity contribution < 1.29 is 13.6 Å². The van der Waals surface area contributed by atoms with Crippen molar-refractivity contribution in [1.82, 2.24) is 20.3 Å². The van der Waals surface area contributed by atoms with Crippen LogP contribution in [0.3, 0.4) is 0 Å². The molecule has 0 bridgehead atoms. The summed E-state index contributed by atoms with van der Waals surface area (Å²) < 4.78 is 19.9. The van der Waals surface area contributed by atoms with Crippen molar-refractivity contribution >= 4 is 16.9 Å². The topological polar surface area (TPSA) is 73.0 Å². The Hall–Kier alpha value is -3.48. The van der Waals surface area contributed by atoms with Crippen LogP contribution >= 0.6 is 0 Å². The molecule has 0 saturated heterocycles. The van der Waals surface area contributed by atoms with Crippen LogP contribution in [0.15, 0.2) is 65.3 Å². The van der Waals surface area contributed by atoms with Crippen LogP contribution in [-0.4, -0.2) is 20.9 Å². The summed E-state index contributed by atoms with van der Waals surface area (Å²) in [5.41, 5.74) is 2.84. The SMILES string of the molecule is O=C(NCc1ccco1)c1ccc2c(c1)nnn2Cc1ccc(F)cc1. The number of nitrogens with zero attached hydrogens (tertiary/aromatic N) is 3. The second-order valence-corrected chi connectivity index (χ2v) is 5.84. The zero-order valence-corrected chi connectivity index (χ0v) is 13.7. The fourth-order valence-electron chi connectivity index (χ4n) is 2.68. The van der Waals surface area contributed by atoms with Gasteiger partial charge in [0.2, 0.25) is 0 Å². The summed E-state index contributed by atoms with van der Waals surface area (Å²) in [6.45, 7) is 0.794. The number of carbonyl (C=O) groups is 1. The number of carbonyl (C=O) groups excluding carboxylic acids is 1. The van der Waals surface area contributed by atoms with E-state index in [-0.39, 0.29) is 11.7 Å². The summed E-state index contributed by atoms with van der Waals surface area (Å²) in [5, 5.41) is 11.0. The standard InChI is InChI=1S/C19H15FN4O2/c20-15-6-3-13(4-7-15)12-24-18-8-5-14(10-17(18)22-23-24)19(25)21-11-16-2-1-9-26-16/h1-10H,11-12H2,(H,21,25). The van der Waals surface area contributed by atoms with Crippen molar-refractivity contribution in [3.05, 3.63) is 83.6 Å². The van der Waals surface area contributed by atoms with E-state index < -0.39 is 0 Å². The summed E-state index contributed by atoms with van der Waals surface area (Å²) >= 11 is 0. The Morgan fingerprint density at radius 1 is 1.15 bits per heavy atom. The van der Waals surface area contributed by atoms with Crippen LogP contribution in [0.2, 0.25) is 0 Å². The number of amides is 1. The van der Waals surface area contributed by atoms with Gasteiger partial charge in [-0.05, 0) is 48.0 Å². The second kappa shape index (κ2) is 6.79. The van der Waals surface area contributed by atoms with Gasteiger partial charge in [0.1, 0.15) is 17.1 Å². The number of aromatic nitrogens is 3. The molecule has 4 rings (SSSR count). The molecular formula is C19H15FN4O2. The van der Waals surface area contributed by atoms with Crippen LogP contribution in [0.1, 0.15) is 21.7 Å². The molecule has 7 heteroatoms. The van der Waals surface area contributed by atoms with E-state index in [4.69, 9.17) is 4.42 Å². The monoisotopic (exact) mass is 350 g/mol. The quantitative estimate of drug-likeness (QED) is 0.600. The van der Waals surface area contributed by atoms with E-state index in [1.54, 1.807) is 53.4 Å². The van der Waals surface area contributed by atoms with E-state index in [1.807, 2.05) is 0 Å². The molecule has 0 spiro atoms. The van der Waals surface area contributed by atoms with Crippen LogP contribution in [0.4, 0.5) is 4.39 Å². The minimum absolute atomic E-state index is 0.212. The Morgan fingerprint density at radius 2 is 2.00 bits per heavy atom. The van der Waals surface area contributed by atoms with E-state index in [1.165, 1.54) is 12.1 Å². The van der Waals surface area contributed by atoms with Gasteiger partial charge in [-0.2, -0.15) is 0 Å². The van der Waals surface area contributed by atoms with E-state index in [0.717, 1.165) is 11.1 Å². The fourth-order valence-corrected chi connectivity index (χ4v) is 2.68. The third-order valence-electron chi connectivity index (χ3n) is 4.02. The maximum Gasteiger partial charge on any atom is 0.251 e. The number of halogens is 1. The molecule has 0 aliphatic carbocycles. The Kier molecular flexibility index (Phi) is 4.18. The molecule has 2 aromatic carbocycles. The first-order chi connectivity index (χ1) is 12.7. The highest BCUT2D eigenvalue weighted by Gasteiger charge is 2.11. The minimum Gasteiger partial charge on any atom is -0.467 e. The molecule has 4 aromatic rings. The van der Waals surface area contributed by atoms with Gasteiger partial charge in [0.05, 0.1) is 24.9 Å². The highest BCUT2D eigenvalue weighted by Crippen LogP contribution is 2.15. The minimum atomic E-state index is -0.276. The highest BCUT2D eigenvalue weighted by atomic mass is 19.1. The first kappa shape index (κ1) is 16.0. The van der Waals surface area contributed by atoms with Crippen molar-refractivity contribution in [1.29, 1.82) is 0 Å². The van der Waals surface area contributed by atoms with Crippen LogP contribution in [0.5, 0.6) is 0 Å². The van der Waals surface area contributed by atoms with E-state index in [9.17, 15) is 9.18 Å². The predicted octanol–water partition coefficient (Wildman–Crippen LogP) is 3.14. The molecule has 2 heterocycles. The molecule has 0 saturated carbocycles. The molecule has 0 aliphatic heterocycles. The first-order valence-corrected chi connectivity index (χ1v) is 8.07. The van der Waals surface area contributed by atoms with Gasteiger partial charge in [0, 0.05) is 5.56 Å². The predicted molar refractivity (Wildman–Crippen MR) is 92.9 cm³/mol. The number of rotatable bonds is 5. The molecule has 0 atom stereocenters. The summed E-state index contributed by atoms with van der Waals surface area (Å²) in [4.78, 5) is 12.3. The van der Waals surface area contributed by atoms with Crippen molar-refractivity contribution in [3.63, 3.8) is 0 Å². The number of furan rings is 1. The van der Waals surface area contributed by atoms with E-state index in [0.29, 0.717) is 29.9 Å². The van der Waals surface area contributed by atoms with Crippen molar-refractivity contribution in [2.45, 2.75) is 13.1 Å². The normalized spacial score (nSPS) is 11.0. The first-order valence-electron chi connectivity index (χ1n) is 8.07. The lowest BCUT2D eigenvalue weighted by Crippen LogP contribution is -2.22. The van der Waals surface area contributed by atoms with Gasteiger partial charge < -0.3 is 9.73 Å². The van der Waals surface area contributed by atoms with E-state index >= 15 is 0 Å². The lowest BCUT2D eigenvalue weighted by atomic mass is 10.1. The Labute approximate surface area is 148 Å². The Bertz CT molecular complexity index is 1040. The molecule has 0 aliphatic rings. The Balaban J connectivity index is 1.51. The van der Waals surface area contributed by atoms with Gasteiger partial charge in [-0.25, -0.2) is 9.07 Å². The van der Waals surface area contributed by atoms with Gasteiger partial charge in [-0.3, -0.25) is 4.79 Å².